The van der Waals surface area contributed by atoms with Crippen LogP contribution < -0.4 is 0 Å². The average Bonchev–Trinajstić information content (AvgIpc) is 2.22. The van der Waals surface area contributed by atoms with Crippen molar-refractivity contribution in [3.05, 3.63) is 24.0 Å². The molecule has 1 fully saturated rings. The van der Waals surface area contributed by atoms with Crippen molar-refractivity contribution in [3.8, 4) is 0 Å². The molecule has 3 aliphatic rings. The van der Waals surface area contributed by atoms with Gasteiger partial charge in [-0.1, -0.05) is 19.9 Å². The second-order valence-corrected chi connectivity index (χ2v) is 5.95. The summed E-state index contributed by atoms with van der Waals surface area (Å²) in [5.74, 6) is 1.46. The summed E-state index contributed by atoms with van der Waals surface area (Å²) >= 11 is 0. The van der Waals surface area contributed by atoms with Crippen LogP contribution in [0.3, 0.4) is 0 Å². The number of hydrogen-bond donors (Lipinski definition) is 1. The van der Waals surface area contributed by atoms with Gasteiger partial charge >= 0.3 is 0 Å². The summed E-state index contributed by atoms with van der Waals surface area (Å²) in [4.78, 5) is 0. The lowest BCUT2D eigenvalue weighted by atomic mass is 9.52. The van der Waals surface area contributed by atoms with Crippen LogP contribution in [0.2, 0.25) is 0 Å². The van der Waals surface area contributed by atoms with Crippen molar-refractivity contribution < 1.29 is 9.84 Å². The topological polar surface area (TPSA) is 29.5 Å². The smallest absolute Gasteiger partial charge is 0.101 e. The minimum atomic E-state index is -0.773. The summed E-state index contributed by atoms with van der Waals surface area (Å²) in [6.07, 6.45) is 3.46. The number of ether oxygens (including phenoxy) is 1. The lowest BCUT2D eigenvalue weighted by molar-refractivity contribution is -0.0849. The molecule has 2 bridgehead atoms. The molecule has 2 heteroatoms. The first-order valence-electron chi connectivity index (χ1n) is 5.96. The molecule has 0 amide bonds. The van der Waals surface area contributed by atoms with Crippen LogP contribution in [0.5, 0.6) is 0 Å². The molecule has 0 heterocycles. The van der Waals surface area contributed by atoms with E-state index in [1.807, 2.05) is 0 Å². The second-order valence-electron chi connectivity index (χ2n) is 5.95. The van der Waals surface area contributed by atoms with E-state index < -0.39 is 5.60 Å². The van der Waals surface area contributed by atoms with Crippen molar-refractivity contribution in [2.24, 2.45) is 17.3 Å². The Labute approximate surface area is 98.0 Å². The maximum absolute atomic E-state index is 10.6. The van der Waals surface area contributed by atoms with E-state index in [9.17, 15) is 5.11 Å². The van der Waals surface area contributed by atoms with Crippen molar-refractivity contribution in [2.75, 3.05) is 7.11 Å². The van der Waals surface area contributed by atoms with Gasteiger partial charge in [-0.3, -0.25) is 0 Å². The number of methoxy groups -OCH3 is 1. The average molecular weight is 222 g/mol. The van der Waals surface area contributed by atoms with E-state index in [1.54, 1.807) is 13.2 Å². The van der Waals surface area contributed by atoms with Crippen molar-refractivity contribution in [2.45, 2.75) is 39.2 Å². The first-order chi connectivity index (χ1) is 7.35. The standard InChI is InChI=1S/C14H22O2/c1-6-14(15)8-10-9(2)12(16-5)11(14)7-13(10,3)4/h6,10-11,15H,1,7-8H2,2-5H3/t10-,11+,14+/m0/s1. The van der Waals surface area contributed by atoms with Crippen LogP contribution >= 0.6 is 0 Å². The molecule has 3 atom stereocenters. The molecule has 0 unspecified atom stereocenters. The van der Waals surface area contributed by atoms with E-state index in [0.29, 0.717) is 5.92 Å². The highest BCUT2D eigenvalue weighted by molar-refractivity contribution is 5.31. The molecule has 3 rings (SSSR count). The molecule has 0 radical (unpaired) electrons. The Kier molecular flexibility index (Phi) is 2.46. The van der Waals surface area contributed by atoms with E-state index in [2.05, 4.69) is 27.4 Å². The van der Waals surface area contributed by atoms with Crippen LogP contribution in [-0.4, -0.2) is 17.8 Å². The van der Waals surface area contributed by atoms with Gasteiger partial charge in [-0.2, -0.15) is 0 Å². The Bertz CT molecular complexity index is 354. The molecule has 90 valence electrons. The lowest BCUT2D eigenvalue weighted by Gasteiger charge is -2.55. The van der Waals surface area contributed by atoms with Gasteiger partial charge in [0, 0.05) is 5.92 Å². The highest BCUT2D eigenvalue weighted by atomic mass is 16.5. The predicted molar refractivity (Wildman–Crippen MR) is 64.9 cm³/mol. The Morgan fingerprint density at radius 1 is 1.38 bits per heavy atom. The van der Waals surface area contributed by atoms with Gasteiger partial charge in [0.2, 0.25) is 0 Å². The zero-order valence-corrected chi connectivity index (χ0v) is 10.7. The van der Waals surface area contributed by atoms with Gasteiger partial charge in [-0.05, 0) is 36.7 Å². The Morgan fingerprint density at radius 3 is 2.50 bits per heavy atom. The number of rotatable bonds is 2. The van der Waals surface area contributed by atoms with E-state index in [-0.39, 0.29) is 11.3 Å². The third-order valence-electron chi connectivity index (χ3n) is 4.61. The third kappa shape index (κ3) is 1.36. The Hall–Kier alpha value is -0.760. The molecule has 0 aromatic heterocycles. The number of aliphatic hydroxyl groups is 1. The molecule has 0 aromatic carbocycles. The quantitative estimate of drug-likeness (QED) is 0.728. The molecule has 16 heavy (non-hydrogen) atoms. The molecule has 1 N–H and O–H groups in total. The van der Waals surface area contributed by atoms with E-state index in [1.165, 1.54) is 5.57 Å². The molecule has 0 aliphatic heterocycles. The Morgan fingerprint density at radius 2 is 2.00 bits per heavy atom. The van der Waals surface area contributed by atoms with Gasteiger partial charge < -0.3 is 9.84 Å². The summed E-state index contributed by atoms with van der Waals surface area (Å²) in [6, 6.07) is 0. The summed E-state index contributed by atoms with van der Waals surface area (Å²) in [5.41, 5.74) is 0.798. The van der Waals surface area contributed by atoms with Crippen LogP contribution in [0, 0.1) is 17.3 Å². The van der Waals surface area contributed by atoms with Crippen molar-refractivity contribution in [3.63, 3.8) is 0 Å². The van der Waals surface area contributed by atoms with E-state index in [0.717, 1.165) is 18.6 Å². The molecule has 0 saturated heterocycles. The molecular formula is C14H22O2. The minimum Gasteiger partial charge on any atom is -0.501 e. The van der Waals surface area contributed by atoms with E-state index >= 15 is 0 Å². The SMILES string of the molecule is C=C[C@@]1(O)C[C@H]2C(C)=C(OC)[C@H]1CC2(C)C. The normalized spacial score (nSPS) is 41.1. The van der Waals surface area contributed by atoms with Gasteiger partial charge in [0.1, 0.15) is 5.76 Å². The molecule has 1 saturated carbocycles. The highest BCUT2D eigenvalue weighted by Crippen LogP contribution is 2.58. The van der Waals surface area contributed by atoms with Crippen LogP contribution in [0.4, 0.5) is 0 Å². The fourth-order valence-electron chi connectivity index (χ4n) is 3.62. The van der Waals surface area contributed by atoms with Gasteiger partial charge in [-0.25, -0.2) is 0 Å². The minimum absolute atomic E-state index is 0.0787. The van der Waals surface area contributed by atoms with Crippen molar-refractivity contribution >= 4 is 0 Å². The molecule has 0 spiro atoms. The fraction of sp³-hybridized carbons (Fsp3) is 0.714. The first kappa shape index (κ1) is 11.7. The number of hydrogen-bond acceptors (Lipinski definition) is 2. The largest absolute Gasteiger partial charge is 0.501 e. The van der Waals surface area contributed by atoms with Gasteiger partial charge in [0.05, 0.1) is 12.7 Å². The van der Waals surface area contributed by atoms with Gasteiger partial charge in [0.25, 0.3) is 0 Å². The van der Waals surface area contributed by atoms with Gasteiger partial charge in [-0.15, -0.1) is 6.58 Å². The first-order valence-corrected chi connectivity index (χ1v) is 5.96. The van der Waals surface area contributed by atoms with Crippen LogP contribution in [0.25, 0.3) is 0 Å². The summed E-state index contributed by atoms with van der Waals surface area (Å²) in [7, 11) is 1.70. The molecule has 3 aliphatic carbocycles. The zero-order valence-electron chi connectivity index (χ0n) is 10.7. The molecule has 0 aromatic rings. The third-order valence-corrected chi connectivity index (χ3v) is 4.61. The molecular weight excluding hydrogens is 200 g/mol. The number of fused-ring (bicyclic) bond motifs is 2. The molecule has 2 nitrogen and oxygen atoms in total. The Balaban J connectivity index is 2.51. The predicted octanol–water partition coefficient (Wildman–Crippen LogP) is 2.89. The highest BCUT2D eigenvalue weighted by Gasteiger charge is 2.55. The summed E-state index contributed by atoms with van der Waals surface area (Å²) in [6.45, 7) is 10.5. The summed E-state index contributed by atoms with van der Waals surface area (Å²) in [5, 5.41) is 10.6. The van der Waals surface area contributed by atoms with Crippen molar-refractivity contribution in [1.82, 2.24) is 0 Å². The monoisotopic (exact) mass is 222 g/mol. The number of allylic oxidation sites excluding steroid dienone is 1. The summed E-state index contributed by atoms with van der Waals surface area (Å²) < 4.78 is 5.50. The van der Waals surface area contributed by atoms with Crippen LogP contribution in [0.1, 0.15) is 33.6 Å². The maximum atomic E-state index is 10.6. The van der Waals surface area contributed by atoms with Gasteiger partial charge in [0.15, 0.2) is 0 Å². The lowest BCUT2D eigenvalue weighted by Crippen LogP contribution is -2.53. The maximum Gasteiger partial charge on any atom is 0.101 e. The second kappa shape index (κ2) is 3.36. The zero-order chi connectivity index (χ0) is 12.1. The fourth-order valence-corrected chi connectivity index (χ4v) is 3.62. The van der Waals surface area contributed by atoms with Crippen molar-refractivity contribution in [1.29, 1.82) is 0 Å². The van der Waals surface area contributed by atoms with Crippen LogP contribution in [-0.2, 0) is 4.74 Å². The van der Waals surface area contributed by atoms with Crippen LogP contribution in [0.15, 0.2) is 24.0 Å². The van der Waals surface area contributed by atoms with E-state index in [4.69, 9.17) is 4.74 Å².